The van der Waals surface area contributed by atoms with Crippen LogP contribution in [0, 0.1) is 5.92 Å². The predicted octanol–water partition coefficient (Wildman–Crippen LogP) is 0.990. The number of allylic oxidation sites excluding steroid dienone is 4. The van der Waals surface area contributed by atoms with Crippen molar-refractivity contribution in [3.63, 3.8) is 0 Å². The highest BCUT2D eigenvalue weighted by Gasteiger charge is 2.38. The molecule has 2 aliphatic rings. The minimum atomic E-state index is -0.195. The molecule has 0 aliphatic heterocycles. The van der Waals surface area contributed by atoms with Gasteiger partial charge in [0.1, 0.15) is 6.29 Å². The third-order valence-corrected chi connectivity index (χ3v) is 2.54. The van der Waals surface area contributed by atoms with Crippen LogP contribution in [0.3, 0.4) is 0 Å². The standard InChI is InChI=1S/C11H10O3/c1-6(5-12)2-7-3-10(13)8-4-9(8)11(7)14/h3,5-6H,2,4H2,1H3. The largest absolute Gasteiger partial charge is 0.303 e. The second-order valence-corrected chi connectivity index (χ2v) is 3.81. The average Bonchev–Trinajstić information content (AvgIpc) is 2.93. The number of Topliss-reactive ketones (excluding diaryl/α,β-unsaturated/α-hetero) is 1. The molecular formula is C11H10O3. The van der Waals surface area contributed by atoms with Gasteiger partial charge in [0, 0.05) is 29.1 Å². The van der Waals surface area contributed by atoms with E-state index < -0.39 is 0 Å². The minimum Gasteiger partial charge on any atom is -0.303 e. The fourth-order valence-corrected chi connectivity index (χ4v) is 1.64. The van der Waals surface area contributed by atoms with Crippen molar-refractivity contribution >= 4 is 17.9 Å². The van der Waals surface area contributed by atoms with Crippen LogP contribution in [0.25, 0.3) is 0 Å². The van der Waals surface area contributed by atoms with E-state index in [2.05, 4.69) is 0 Å². The Hall–Kier alpha value is -1.51. The number of carbonyl (C=O) groups excluding carboxylic acids is 3. The van der Waals surface area contributed by atoms with Gasteiger partial charge in [0.05, 0.1) is 0 Å². The van der Waals surface area contributed by atoms with Gasteiger partial charge in [0.25, 0.3) is 0 Å². The summed E-state index contributed by atoms with van der Waals surface area (Å²) < 4.78 is 0. The number of hydrogen-bond donors (Lipinski definition) is 0. The molecule has 0 heterocycles. The Labute approximate surface area is 81.5 Å². The van der Waals surface area contributed by atoms with Gasteiger partial charge in [0.15, 0.2) is 11.6 Å². The molecule has 3 heteroatoms. The molecule has 1 unspecified atom stereocenters. The monoisotopic (exact) mass is 190 g/mol. The summed E-state index contributed by atoms with van der Waals surface area (Å²) in [7, 11) is 0. The highest BCUT2D eigenvalue weighted by atomic mass is 16.1. The maximum absolute atomic E-state index is 11.6. The summed E-state index contributed by atoms with van der Waals surface area (Å²) in [6.45, 7) is 1.74. The fourth-order valence-electron chi connectivity index (χ4n) is 1.64. The van der Waals surface area contributed by atoms with Crippen molar-refractivity contribution < 1.29 is 14.4 Å². The first-order valence-electron chi connectivity index (χ1n) is 4.60. The smallest absolute Gasteiger partial charge is 0.185 e. The quantitative estimate of drug-likeness (QED) is 0.492. The first-order valence-corrected chi connectivity index (χ1v) is 4.60. The van der Waals surface area contributed by atoms with Gasteiger partial charge in [-0.15, -0.1) is 0 Å². The predicted molar refractivity (Wildman–Crippen MR) is 49.6 cm³/mol. The van der Waals surface area contributed by atoms with Gasteiger partial charge in [-0.3, -0.25) is 9.59 Å². The van der Waals surface area contributed by atoms with Gasteiger partial charge in [-0.05, 0) is 12.5 Å². The lowest BCUT2D eigenvalue weighted by Gasteiger charge is -2.07. The zero-order chi connectivity index (χ0) is 10.3. The van der Waals surface area contributed by atoms with Gasteiger partial charge in [-0.1, -0.05) is 6.92 Å². The molecule has 0 radical (unpaired) electrons. The summed E-state index contributed by atoms with van der Waals surface area (Å²) in [6, 6.07) is 0. The summed E-state index contributed by atoms with van der Waals surface area (Å²) in [5.41, 5.74) is 1.81. The van der Waals surface area contributed by atoms with Crippen molar-refractivity contribution in [1.29, 1.82) is 0 Å². The van der Waals surface area contributed by atoms with Crippen molar-refractivity contribution in [2.24, 2.45) is 5.92 Å². The van der Waals surface area contributed by atoms with Gasteiger partial charge < -0.3 is 4.79 Å². The first kappa shape index (κ1) is 9.06. The number of ketones is 2. The zero-order valence-electron chi connectivity index (χ0n) is 7.87. The van der Waals surface area contributed by atoms with E-state index in [1.807, 2.05) is 0 Å². The van der Waals surface area contributed by atoms with E-state index in [4.69, 9.17) is 0 Å². The molecule has 2 aliphatic carbocycles. The highest BCUT2D eigenvalue weighted by Crippen LogP contribution is 2.39. The van der Waals surface area contributed by atoms with Crippen molar-refractivity contribution in [3.8, 4) is 0 Å². The third kappa shape index (κ3) is 1.35. The van der Waals surface area contributed by atoms with Gasteiger partial charge in [-0.25, -0.2) is 0 Å². The lowest BCUT2D eigenvalue weighted by atomic mass is 9.95. The van der Waals surface area contributed by atoms with Crippen LogP contribution in [0.15, 0.2) is 22.8 Å². The second kappa shape index (κ2) is 3.01. The Bertz CT molecular complexity index is 399. The molecule has 72 valence electrons. The molecule has 14 heavy (non-hydrogen) atoms. The molecule has 0 spiro atoms. The SMILES string of the molecule is CC(C=O)CC1=CC(=O)C2=C(C2)C1=O. The number of hydrogen-bond acceptors (Lipinski definition) is 3. The molecule has 0 aromatic carbocycles. The van der Waals surface area contributed by atoms with Crippen LogP contribution < -0.4 is 0 Å². The Balaban J connectivity index is 2.16. The highest BCUT2D eigenvalue weighted by molar-refractivity contribution is 6.28. The molecule has 0 amide bonds. The molecule has 0 saturated heterocycles. The lowest BCUT2D eigenvalue weighted by Crippen LogP contribution is -2.11. The molecule has 3 nitrogen and oxygen atoms in total. The summed E-state index contributed by atoms with van der Waals surface area (Å²) in [6.07, 6.45) is 3.11. The van der Waals surface area contributed by atoms with E-state index in [9.17, 15) is 14.4 Å². The van der Waals surface area contributed by atoms with Crippen LogP contribution in [0.1, 0.15) is 19.8 Å². The molecule has 0 aromatic heterocycles. The van der Waals surface area contributed by atoms with E-state index in [-0.39, 0.29) is 17.5 Å². The molecular weight excluding hydrogens is 180 g/mol. The Morgan fingerprint density at radius 1 is 1.43 bits per heavy atom. The van der Waals surface area contributed by atoms with Crippen molar-refractivity contribution in [2.45, 2.75) is 19.8 Å². The summed E-state index contributed by atoms with van der Waals surface area (Å²) in [4.78, 5) is 33.3. The van der Waals surface area contributed by atoms with Crippen LogP contribution in [0.4, 0.5) is 0 Å². The van der Waals surface area contributed by atoms with E-state index in [1.54, 1.807) is 6.92 Å². The van der Waals surface area contributed by atoms with Gasteiger partial charge in [0.2, 0.25) is 0 Å². The van der Waals surface area contributed by atoms with E-state index >= 15 is 0 Å². The fraction of sp³-hybridized carbons (Fsp3) is 0.364. The second-order valence-electron chi connectivity index (χ2n) is 3.81. The van der Waals surface area contributed by atoms with E-state index in [0.29, 0.717) is 29.6 Å². The van der Waals surface area contributed by atoms with Crippen LogP contribution >= 0.6 is 0 Å². The molecule has 0 saturated carbocycles. The van der Waals surface area contributed by atoms with Crippen molar-refractivity contribution in [3.05, 3.63) is 22.8 Å². The zero-order valence-corrected chi connectivity index (χ0v) is 7.87. The third-order valence-electron chi connectivity index (χ3n) is 2.54. The maximum Gasteiger partial charge on any atom is 0.185 e. The van der Waals surface area contributed by atoms with E-state index in [0.717, 1.165) is 6.29 Å². The minimum absolute atomic E-state index is 0.0340. The summed E-state index contributed by atoms with van der Waals surface area (Å²) in [5, 5.41) is 0. The Kier molecular flexibility index (Phi) is 1.95. The summed E-state index contributed by atoms with van der Waals surface area (Å²) in [5.74, 6) is -0.278. The topological polar surface area (TPSA) is 51.2 Å². The number of carbonyl (C=O) groups is 3. The molecule has 0 aromatic rings. The van der Waals surface area contributed by atoms with Crippen LogP contribution in [0.5, 0.6) is 0 Å². The van der Waals surface area contributed by atoms with Crippen molar-refractivity contribution in [2.75, 3.05) is 0 Å². The maximum atomic E-state index is 11.6. The summed E-state index contributed by atoms with van der Waals surface area (Å²) >= 11 is 0. The number of rotatable bonds is 3. The van der Waals surface area contributed by atoms with Crippen LogP contribution in [-0.4, -0.2) is 17.9 Å². The first-order chi connectivity index (χ1) is 6.63. The molecule has 0 fully saturated rings. The number of aldehydes is 1. The molecule has 0 N–H and O–H groups in total. The van der Waals surface area contributed by atoms with Crippen LogP contribution in [0.2, 0.25) is 0 Å². The Morgan fingerprint density at radius 3 is 2.79 bits per heavy atom. The van der Waals surface area contributed by atoms with Crippen molar-refractivity contribution in [1.82, 2.24) is 0 Å². The lowest BCUT2D eigenvalue weighted by molar-refractivity contribution is -0.115. The Morgan fingerprint density at radius 2 is 2.14 bits per heavy atom. The normalized spacial score (nSPS) is 21.6. The average molecular weight is 190 g/mol. The molecule has 0 bridgehead atoms. The van der Waals surface area contributed by atoms with E-state index in [1.165, 1.54) is 6.08 Å². The van der Waals surface area contributed by atoms with Gasteiger partial charge >= 0.3 is 0 Å². The van der Waals surface area contributed by atoms with Crippen LogP contribution in [-0.2, 0) is 14.4 Å². The molecule has 1 atom stereocenters. The van der Waals surface area contributed by atoms with Gasteiger partial charge in [-0.2, -0.15) is 0 Å². The molecule has 2 rings (SSSR count).